The number of amides is 2. The highest BCUT2D eigenvalue weighted by molar-refractivity contribution is 5.90. The lowest BCUT2D eigenvalue weighted by atomic mass is 9.95. The lowest BCUT2D eigenvalue weighted by Crippen LogP contribution is -2.49. The van der Waals surface area contributed by atoms with Crippen LogP contribution in [0.2, 0.25) is 0 Å². The largest absolute Gasteiger partial charge is 0.344 e. The van der Waals surface area contributed by atoms with E-state index in [-0.39, 0.29) is 11.8 Å². The summed E-state index contributed by atoms with van der Waals surface area (Å²) >= 11 is 0. The molecule has 1 aliphatic rings. The van der Waals surface area contributed by atoms with Crippen LogP contribution in [-0.4, -0.2) is 22.8 Å². The van der Waals surface area contributed by atoms with Gasteiger partial charge in [-0.25, -0.2) is 0 Å². The Morgan fingerprint density at radius 1 is 1.27 bits per heavy atom. The fourth-order valence-electron chi connectivity index (χ4n) is 2.28. The molecule has 0 aliphatic carbocycles. The predicted molar refractivity (Wildman–Crippen MR) is 86.8 cm³/mol. The fourth-order valence-corrected chi connectivity index (χ4v) is 2.28. The summed E-state index contributed by atoms with van der Waals surface area (Å²) in [6.45, 7) is 6.08. The first-order valence-corrected chi connectivity index (χ1v) is 7.70. The van der Waals surface area contributed by atoms with Gasteiger partial charge in [-0.3, -0.25) is 9.59 Å². The Morgan fingerprint density at radius 2 is 1.95 bits per heavy atom. The molecule has 0 unspecified atom stereocenters. The van der Waals surface area contributed by atoms with Crippen molar-refractivity contribution in [1.82, 2.24) is 10.2 Å². The Bertz CT molecular complexity index is 558. The number of benzene rings is 1. The van der Waals surface area contributed by atoms with Crippen LogP contribution in [-0.2, 0) is 16.1 Å². The van der Waals surface area contributed by atoms with Gasteiger partial charge in [0.25, 0.3) is 0 Å². The van der Waals surface area contributed by atoms with Gasteiger partial charge in [-0.1, -0.05) is 57.2 Å². The summed E-state index contributed by atoms with van der Waals surface area (Å²) in [7, 11) is 0. The molecule has 1 aromatic carbocycles. The lowest BCUT2D eigenvalue weighted by Gasteiger charge is -2.26. The van der Waals surface area contributed by atoms with Crippen molar-refractivity contribution in [2.75, 3.05) is 0 Å². The minimum absolute atomic E-state index is 0.0461. The van der Waals surface area contributed by atoms with Crippen molar-refractivity contribution in [3.05, 3.63) is 48.2 Å². The molecule has 1 aliphatic heterocycles. The maximum atomic E-state index is 12.7. The van der Waals surface area contributed by atoms with Crippen molar-refractivity contribution in [3.63, 3.8) is 0 Å². The second-order valence-electron chi connectivity index (χ2n) is 6.69. The Hall–Kier alpha value is -2.10. The van der Waals surface area contributed by atoms with E-state index in [0.717, 1.165) is 12.0 Å². The SMILES string of the molecule is CC(C)(C)C(=O)N[C@H]1CCC=CN(Cc2ccccc2)C1=O. The maximum Gasteiger partial charge on any atom is 0.249 e. The fraction of sp³-hybridized carbons (Fsp3) is 0.444. The third-order valence-electron chi connectivity index (χ3n) is 3.67. The highest BCUT2D eigenvalue weighted by Gasteiger charge is 2.30. The van der Waals surface area contributed by atoms with Crippen LogP contribution in [0, 0.1) is 5.41 Å². The standard InChI is InChI=1S/C18H24N2O2/c1-18(2,3)17(22)19-15-11-7-8-12-20(16(15)21)13-14-9-5-4-6-10-14/h4-6,8-10,12,15H,7,11,13H2,1-3H3,(H,19,22)/t15-/m0/s1. The lowest BCUT2D eigenvalue weighted by molar-refractivity contribution is -0.137. The summed E-state index contributed by atoms with van der Waals surface area (Å²) in [5.41, 5.74) is 0.577. The van der Waals surface area contributed by atoms with Gasteiger partial charge < -0.3 is 10.2 Å². The van der Waals surface area contributed by atoms with Crippen LogP contribution in [0.5, 0.6) is 0 Å². The van der Waals surface area contributed by atoms with E-state index in [1.165, 1.54) is 0 Å². The number of hydrogen-bond donors (Lipinski definition) is 1. The summed E-state index contributed by atoms with van der Waals surface area (Å²) < 4.78 is 0. The number of allylic oxidation sites excluding steroid dienone is 1. The molecule has 2 rings (SSSR count). The van der Waals surface area contributed by atoms with E-state index in [9.17, 15) is 9.59 Å². The molecule has 0 radical (unpaired) electrons. The second-order valence-corrected chi connectivity index (χ2v) is 6.69. The number of hydrogen-bond acceptors (Lipinski definition) is 2. The predicted octanol–water partition coefficient (Wildman–Crippen LogP) is 2.85. The number of nitrogens with zero attached hydrogens (tertiary/aromatic N) is 1. The first-order valence-electron chi connectivity index (χ1n) is 7.70. The highest BCUT2D eigenvalue weighted by atomic mass is 16.2. The van der Waals surface area contributed by atoms with Crippen LogP contribution < -0.4 is 5.32 Å². The molecular weight excluding hydrogens is 276 g/mol. The first-order chi connectivity index (χ1) is 10.4. The molecule has 1 aromatic rings. The van der Waals surface area contributed by atoms with Crippen LogP contribution >= 0.6 is 0 Å². The second kappa shape index (κ2) is 6.77. The van der Waals surface area contributed by atoms with E-state index in [1.54, 1.807) is 4.90 Å². The summed E-state index contributed by atoms with van der Waals surface area (Å²) in [5.74, 6) is -0.136. The molecule has 1 N–H and O–H groups in total. The molecular formula is C18H24N2O2. The van der Waals surface area contributed by atoms with E-state index in [4.69, 9.17) is 0 Å². The summed E-state index contributed by atoms with van der Waals surface area (Å²) in [6.07, 6.45) is 5.25. The number of rotatable bonds is 3. The topological polar surface area (TPSA) is 49.4 Å². The average molecular weight is 300 g/mol. The van der Waals surface area contributed by atoms with E-state index < -0.39 is 11.5 Å². The molecule has 0 bridgehead atoms. The van der Waals surface area contributed by atoms with Crippen LogP contribution in [0.15, 0.2) is 42.6 Å². The van der Waals surface area contributed by atoms with E-state index >= 15 is 0 Å². The van der Waals surface area contributed by atoms with Crippen molar-refractivity contribution in [3.8, 4) is 0 Å². The van der Waals surface area contributed by atoms with Crippen molar-refractivity contribution >= 4 is 11.8 Å². The molecule has 0 saturated carbocycles. The summed E-state index contributed by atoms with van der Waals surface area (Å²) in [4.78, 5) is 26.5. The number of nitrogens with one attached hydrogen (secondary N) is 1. The van der Waals surface area contributed by atoms with Crippen molar-refractivity contribution < 1.29 is 9.59 Å². The third kappa shape index (κ3) is 4.20. The van der Waals surface area contributed by atoms with Crippen molar-refractivity contribution in [2.24, 2.45) is 5.41 Å². The maximum absolute atomic E-state index is 12.7. The molecule has 2 amide bonds. The molecule has 0 aromatic heterocycles. The molecule has 0 saturated heterocycles. The summed E-state index contributed by atoms with van der Waals surface area (Å²) in [6, 6.07) is 9.41. The molecule has 0 fully saturated rings. The Morgan fingerprint density at radius 3 is 2.59 bits per heavy atom. The molecule has 1 heterocycles. The smallest absolute Gasteiger partial charge is 0.249 e. The van der Waals surface area contributed by atoms with Crippen LogP contribution in [0.3, 0.4) is 0 Å². The Labute approximate surface area is 132 Å². The van der Waals surface area contributed by atoms with Gasteiger partial charge in [0.15, 0.2) is 0 Å². The van der Waals surface area contributed by atoms with E-state index in [0.29, 0.717) is 13.0 Å². The minimum Gasteiger partial charge on any atom is -0.344 e. The molecule has 22 heavy (non-hydrogen) atoms. The van der Waals surface area contributed by atoms with E-state index in [2.05, 4.69) is 5.32 Å². The number of carbonyl (C=O) groups is 2. The Kier molecular flexibility index (Phi) is 5.01. The minimum atomic E-state index is -0.496. The monoisotopic (exact) mass is 300 g/mol. The van der Waals surface area contributed by atoms with Gasteiger partial charge in [-0.15, -0.1) is 0 Å². The summed E-state index contributed by atoms with van der Waals surface area (Å²) in [5, 5.41) is 2.89. The number of carbonyl (C=O) groups excluding carboxylic acids is 2. The van der Waals surface area contributed by atoms with E-state index in [1.807, 2.05) is 63.4 Å². The van der Waals surface area contributed by atoms with Crippen molar-refractivity contribution in [2.45, 2.75) is 46.2 Å². The quantitative estimate of drug-likeness (QED) is 0.933. The van der Waals surface area contributed by atoms with Gasteiger partial charge in [-0.2, -0.15) is 0 Å². The van der Waals surface area contributed by atoms with Gasteiger partial charge in [0.1, 0.15) is 6.04 Å². The van der Waals surface area contributed by atoms with Crippen molar-refractivity contribution in [1.29, 1.82) is 0 Å². The van der Waals surface area contributed by atoms with Gasteiger partial charge in [0.2, 0.25) is 11.8 Å². The average Bonchev–Trinajstić information content (AvgIpc) is 2.63. The normalized spacial score (nSPS) is 19.0. The molecule has 4 nitrogen and oxygen atoms in total. The zero-order chi connectivity index (χ0) is 16.2. The van der Waals surface area contributed by atoms with Crippen LogP contribution in [0.25, 0.3) is 0 Å². The molecule has 1 atom stereocenters. The van der Waals surface area contributed by atoms with Gasteiger partial charge >= 0.3 is 0 Å². The molecule has 118 valence electrons. The Balaban J connectivity index is 2.08. The third-order valence-corrected chi connectivity index (χ3v) is 3.67. The van der Waals surface area contributed by atoms with Gasteiger partial charge in [-0.05, 0) is 18.4 Å². The highest BCUT2D eigenvalue weighted by Crippen LogP contribution is 2.17. The van der Waals surface area contributed by atoms with Gasteiger partial charge in [0, 0.05) is 11.6 Å². The molecule has 0 spiro atoms. The van der Waals surface area contributed by atoms with Crippen LogP contribution in [0.4, 0.5) is 0 Å². The van der Waals surface area contributed by atoms with Crippen LogP contribution in [0.1, 0.15) is 39.2 Å². The molecule has 4 heteroatoms. The zero-order valence-corrected chi connectivity index (χ0v) is 13.5. The van der Waals surface area contributed by atoms with Gasteiger partial charge in [0.05, 0.1) is 6.54 Å². The zero-order valence-electron chi connectivity index (χ0n) is 13.5. The first kappa shape index (κ1) is 16.3.